The maximum atomic E-state index is 4.41. The van der Waals surface area contributed by atoms with Crippen LogP contribution in [-0.2, 0) is 0 Å². The zero-order valence-electron chi connectivity index (χ0n) is 10.7. The highest BCUT2D eigenvalue weighted by molar-refractivity contribution is 9.10. The average molecular weight is 309 g/mol. The van der Waals surface area contributed by atoms with Crippen molar-refractivity contribution in [1.29, 1.82) is 0 Å². The zero-order valence-corrected chi connectivity index (χ0v) is 12.3. The molecule has 0 bridgehead atoms. The van der Waals surface area contributed by atoms with Crippen molar-refractivity contribution >= 4 is 21.6 Å². The normalized spacial score (nSPS) is 21.2. The van der Waals surface area contributed by atoms with Gasteiger partial charge in [-0.05, 0) is 61.3 Å². The molecule has 0 spiro atoms. The van der Waals surface area contributed by atoms with Crippen molar-refractivity contribution in [2.75, 3.05) is 6.54 Å². The van der Waals surface area contributed by atoms with E-state index in [1.165, 1.54) is 12.8 Å². The predicted molar refractivity (Wildman–Crippen MR) is 74.5 cm³/mol. The highest BCUT2D eigenvalue weighted by Gasteiger charge is 2.31. The molecule has 1 unspecified atom stereocenters. The summed E-state index contributed by atoms with van der Waals surface area (Å²) in [6.07, 6.45) is 2.41. The van der Waals surface area contributed by atoms with E-state index in [4.69, 9.17) is 0 Å². The van der Waals surface area contributed by atoms with Crippen molar-refractivity contribution in [3.63, 3.8) is 0 Å². The van der Waals surface area contributed by atoms with Crippen LogP contribution >= 0.6 is 15.9 Å². The Morgan fingerprint density at radius 1 is 1.33 bits per heavy atom. The largest absolute Gasteiger partial charge is 0.291 e. The summed E-state index contributed by atoms with van der Waals surface area (Å²) < 4.78 is 3.14. The van der Waals surface area contributed by atoms with Crippen molar-refractivity contribution in [1.82, 2.24) is 19.5 Å². The Kier molecular flexibility index (Phi) is 3.11. The molecule has 1 saturated heterocycles. The van der Waals surface area contributed by atoms with E-state index < -0.39 is 0 Å². The lowest BCUT2D eigenvalue weighted by atomic mass is 10.2. The molecule has 1 atom stereocenters. The van der Waals surface area contributed by atoms with Crippen LogP contribution in [-0.4, -0.2) is 32.1 Å². The van der Waals surface area contributed by atoms with Gasteiger partial charge in [0.2, 0.25) is 0 Å². The summed E-state index contributed by atoms with van der Waals surface area (Å²) in [5, 5.41) is 8.69. The van der Waals surface area contributed by atoms with Gasteiger partial charge in [-0.2, -0.15) is 0 Å². The smallest absolute Gasteiger partial charge is 0.161 e. The SMILES string of the molecule is CC(C)N1CCCC1c1nnc2cccc(Br)n12. The maximum Gasteiger partial charge on any atom is 0.161 e. The van der Waals surface area contributed by atoms with E-state index in [9.17, 15) is 0 Å². The Hall–Kier alpha value is -0.940. The molecule has 0 radical (unpaired) electrons. The fourth-order valence-electron chi connectivity index (χ4n) is 2.82. The second-order valence-electron chi connectivity index (χ2n) is 5.09. The number of rotatable bonds is 2. The molecule has 1 aliphatic rings. The van der Waals surface area contributed by atoms with Crippen LogP contribution in [0.15, 0.2) is 22.8 Å². The first-order valence-electron chi connectivity index (χ1n) is 6.44. The van der Waals surface area contributed by atoms with Crippen molar-refractivity contribution in [3.05, 3.63) is 28.6 Å². The number of halogens is 1. The van der Waals surface area contributed by atoms with E-state index in [0.29, 0.717) is 12.1 Å². The van der Waals surface area contributed by atoms with Gasteiger partial charge >= 0.3 is 0 Å². The van der Waals surface area contributed by atoms with E-state index in [1.807, 2.05) is 18.2 Å². The molecule has 0 N–H and O–H groups in total. The number of hydrogen-bond donors (Lipinski definition) is 0. The van der Waals surface area contributed by atoms with Crippen LogP contribution in [0.1, 0.15) is 38.6 Å². The third-order valence-corrected chi connectivity index (χ3v) is 4.28. The molecule has 4 nitrogen and oxygen atoms in total. The Morgan fingerprint density at radius 2 is 2.17 bits per heavy atom. The summed E-state index contributed by atoms with van der Waals surface area (Å²) in [5.74, 6) is 1.06. The number of nitrogens with zero attached hydrogens (tertiary/aromatic N) is 4. The molecule has 2 aromatic rings. The van der Waals surface area contributed by atoms with E-state index in [1.54, 1.807) is 0 Å². The topological polar surface area (TPSA) is 33.4 Å². The number of hydrogen-bond acceptors (Lipinski definition) is 3. The number of pyridine rings is 1. The van der Waals surface area contributed by atoms with Crippen molar-refractivity contribution in [2.24, 2.45) is 0 Å². The van der Waals surface area contributed by atoms with E-state index in [2.05, 4.69) is 49.3 Å². The zero-order chi connectivity index (χ0) is 12.7. The first-order valence-corrected chi connectivity index (χ1v) is 7.23. The summed E-state index contributed by atoms with van der Waals surface area (Å²) in [6.45, 7) is 5.65. The average Bonchev–Trinajstić information content (AvgIpc) is 2.94. The van der Waals surface area contributed by atoms with Crippen LogP contribution in [0.25, 0.3) is 5.65 Å². The molecule has 1 fully saturated rings. The van der Waals surface area contributed by atoms with Gasteiger partial charge in [0.05, 0.1) is 10.6 Å². The molecule has 2 aromatic heterocycles. The minimum absolute atomic E-state index is 0.388. The Morgan fingerprint density at radius 3 is 2.94 bits per heavy atom. The fraction of sp³-hybridized carbons (Fsp3) is 0.538. The molecule has 0 saturated carbocycles. The van der Waals surface area contributed by atoms with Gasteiger partial charge in [0, 0.05) is 6.04 Å². The monoisotopic (exact) mass is 308 g/mol. The van der Waals surface area contributed by atoms with Crippen LogP contribution in [0.3, 0.4) is 0 Å². The van der Waals surface area contributed by atoms with Crippen molar-refractivity contribution < 1.29 is 0 Å². The van der Waals surface area contributed by atoms with Gasteiger partial charge < -0.3 is 0 Å². The van der Waals surface area contributed by atoms with Crippen LogP contribution < -0.4 is 0 Å². The lowest BCUT2D eigenvalue weighted by molar-refractivity contribution is 0.197. The predicted octanol–water partition coefficient (Wildman–Crippen LogP) is 3.04. The Bertz CT molecular complexity index is 563. The van der Waals surface area contributed by atoms with Crippen LogP contribution in [0.4, 0.5) is 0 Å². The highest BCUT2D eigenvalue weighted by atomic mass is 79.9. The van der Waals surface area contributed by atoms with E-state index >= 15 is 0 Å². The molecule has 0 aromatic carbocycles. The molecule has 18 heavy (non-hydrogen) atoms. The van der Waals surface area contributed by atoms with Gasteiger partial charge in [0.1, 0.15) is 0 Å². The number of fused-ring (bicyclic) bond motifs is 1. The van der Waals surface area contributed by atoms with Gasteiger partial charge in [-0.1, -0.05) is 6.07 Å². The second kappa shape index (κ2) is 4.63. The molecule has 0 amide bonds. The van der Waals surface area contributed by atoms with Gasteiger partial charge in [0.25, 0.3) is 0 Å². The van der Waals surface area contributed by atoms with Crippen LogP contribution in [0.5, 0.6) is 0 Å². The third kappa shape index (κ3) is 1.86. The van der Waals surface area contributed by atoms with Crippen molar-refractivity contribution in [3.8, 4) is 0 Å². The second-order valence-corrected chi connectivity index (χ2v) is 5.90. The van der Waals surface area contributed by atoms with Gasteiger partial charge in [-0.25, -0.2) is 0 Å². The molecule has 3 heterocycles. The minimum Gasteiger partial charge on any atom is -0.291 e. The van der Waals surface area contributed by atoms with Gasteiger partial charge in [-0.15, -0.1) is 10.2 Å². The first-order chi connectivity index (χ1) is 8.68. The molecule has 1 aliphatic heterocycles. The minimum atomic E-state index is 0.388. The summed E-state index contributed by atoms with van der Waals surface area (Å²) in [4.78, 5) is 2.51. The number of likely N-dealkylation sites (tertiary alicyclic amines) is 1. The standard InChI is InChI=1S/C13H17BrN4/c1-9(2)17-8-4-5-10(17)13-16-15-12-7-3-6-11(14)18(12)13/h3,6-7,9-10H,4-5,8H2,1-2H3. The molecular formula is C13H17BrN4. The van der Waals surface area contributed by atoms with Crippen LogP contribution in [0, 0.1) is 0 Å². The molecule has 0 aliphatic carbocycles. The van der Waals surface area contributed by atoms with E-state index in [-0.39, 0.29) is 0 Å². The summed E-state index contributed by atoms with van der Waals surface area (Å²) in [7, 11) is 0. The van der Waals surface area contributed by atoms with Crippen molar-refractivity contribution in [2.45, 2.75) is 38.8 Å². The summed E-state index contributed by atoms with van der Waals surface area (Å²) in [6, 6.07) is 6.96. The third-order valence-electron chi connectivity index (χ3n) is 3.66. The van der Waals surface area contributed by atoms with Gasteiger partial charge in [0.15, 0.2) is 11.5 Å². The van der Waals surface area contributed by atoms with Gasteiger partial charge in [-0.3, -0.25) is 9.30 Å². The quantitative estimate of drug-likeness (QED) is 0.800. The first kappa shape index (κ1) is 12.1. The maximum absolute atomic E-state index is 4.41. The molecule has 96 valence electrons. The number of aromatic nitrogens is 3. The molecule has 3 rings (SSSR count). The summed E-state index contributed by atoms with van der Waals surface area (Å²) in [5.41, 5.74) is 0.912. The Balaban J connectivity index is 2.09. The fourth-order valence-corrected chi connectivity index (χ4v) is 3.34. The summed E-state index contributed by atoms with van der Waals surface area (Å²) >= 11 is 3.60. The lowest BCUT2D eigenvalue weighted by Crippen LogP contribution is -2.31. The Labute approximate surface area is 115 Å². The highest BCUT2D eigenvalue weighted by Crippen LogP contribution is 2.33. The molecule has 5 heteroatoms. The van der Waals surface area contributed by atoms with Crippen LogP contribution in [0.2, 0.25) is 0 Å². The molecular weight excluding hydrogens is 292 g/mol. The van der Waals surface area contributed by atoms with E-state index in [0.717, 1.165) is 22.6 Å². The lowest BCUT2D eigenvalue weighted by Gasteiger charge is -2.27.